The van der Waals surface area contributed by atoms with Crippen LogP contribution in [0.3, 0.4) is 0 Å². The van der Waals surface area contributed by atoms with E-state index in [-0.39, 0.29) is 6.04 Å². The number of dihydropyridines is 1. The van der Waals surface area contributed by atoms with Crippen molar-refractivity contribution in [2.45, 2.75) is 32.0 Å². The molecule has 0 aromatic heterocycles. The molecule has 3 heteroatoms. The van der Waals surface area contributed by atoms with Gasteiger partial charge in [-0.3, -0.25) is 5.43 Å². The number of rotatable bonds is 1. The van der Waals surface area contributed by atoms with Crippen molar-refractivity contribution in [3.05, 3.63) is 36.1 Å². The van der Waals surface area contributed by atoms with Crippen LogP contribution in [0.1, 0.15) is 13.8 Å². The molecule has 2 aliphatic rings. The lowest BCUT2D eigenvalue weighted by Gasteiger charge is -2.26. The van der Waals surface area contributed by atoms with Crippen LogP contribution < -0.4 is 16.2 Å². The van der Waals surface area contributed by atoms with Crippen LogP contribution in [-0.4, -0.2) is 18.1 Å². The first kappa shape index (κ1) is 9.49. The summed E-state index contributed by atoms with van der Waals surface area (Å²) in [4.78, 5) is 0. The van der Waals surface area contributed by atoms with Gasteiger partial charge >= 0.3 is 0 Å². The van der Waals surface area contributed by atoms with Gasteiger partial charge in [-0.15, -0.1) is 0 Å². The molecule has 76 valence electrons. The van der Waals surface area contributed by atoms with Gasteiger partial charge in [0.1, 0.15) is 0 Å². The maximum atomic E-state index is 3.29. The number of nitrogens with one attached hydrogen (secondary N) is 3. The predicted octanol–water partition coefficient (Wildman–Crippen LogP) is 0.839. The van der Waals surface area contributed by atoms with Crippen molar-refractivity contribution >= 4 is 0 Å². The molecule has 3 nitrogen and oxygen atoms in total. The van der Waals surface area contributed by atoms with E-state index in [0.717, 1.165) is 0 Å². The summed E-state index contributed by atoms with van der Waals surface area (Å²) in [7, 11) is 0. The van der Waals surface area contributed by atoms with Gasteiger partial charge < -0.3 is 5.32 Å². The van der Waals surface area contributed by atoms with E-state index in [0.29, 0.717) is 12.1 Å². The Bertz CT molecular complexity index is 291. The number of hydrogen-bond donors (Lipinski definition) is 3. The molecular weight excluding hydrogens is 174 g/mol. The Morgan fingerprint density at radius 3 is 2.43 bits per heavy atom. The van der Waals surface area contributed by atoms with Gasteiger partial charge in [0.25, 0.3) is 0 Å². The van der Waals surface area contributed by atoms with Crippen molar-refractivity contribution in [2.24, 2.45) is 0 Å². The topological polar surface area (TPSA) is 36.1 Å². The van der Waals surface area contributed by atoms with E-state index in [9.17, 15) is 0 Å². The second-order valence-electron chi connectivity index (χ2n) is 3.90. The summed E-state index contributed by atoms with van der Waals surface area (Å²) < 4.78 is 0. The average Bonchev–Trinajstić information content (AvgIpc) is 2.21. The molecule has 0 radical (unpaired) electrons. The standard InChI is InChI=1S/C11H17N3/c1-8-3-5-10(7-12-8)11-6-4-9(2)13-14-11/h3-9,11-14H,1-2H3. The van der Waals surface area contributed by atoms with E-state index in [4.69, 9.17) is 0 Å². The van der Waals surface area contributed by atoms with Crippen LogP contribution in [0.5, 0.6) is 0 Å². The first-order valence-electron chi connectivity index (χ1n) is 5.09. The van der Waals surface area contributed by atoms with Crippen LogP contribution in [0, 0.1) is 0 Å². The molecule has 0 spiro atoms. The van der Waals surface area contributed by atoms with Crippen LogP contribution in [0.2, 0.25) is 0 Å². The SMILES string of the molecule is CC1C=CC(C2C=CC(C)NN2)=CN1. The predicted molar refractivity (Wildman–Crippen MR) is 58.5 cm³/mol. The van der Waals surface area contributed by atoms with Crippen LogP contribution in [0.25, 0.3) is 0 Å². The van der Waals surface area contributed by atoms with Crippen molar-refractivity contribution in [1.29, 1.82) is 0 Å². The third kappa shape index (κ3) is 2.05. The average molecular weight is 191 g/mol. The smallest absolute Gasteiger partial charge is 0.0657 e. The number of hydrazine groups is 1. The summed E-state index contributed by atoms with van der Waals surface area (Å²) in [6, 6.07) is 1.13. The minimum atomic E-state index is 0.280. The molecule has 0 aliphatic carbocycles. The van der Waals surface area contributed by atoms with E-state index in [1.807, 2.05) is 0 Å². The van der Waals surface area contributed by atoms with Crippen LogP contribution >= 0.6 is 0 Å². The van der Waals surface area contributed by atoms with Crippen molar-refractivity contribution in [3.63, 3.8) is 0 Å². The molecule has 0 fully saturated rings. The molecule has 2 aliphatic heterocycles. The fraction of sp³-hybridized carbons (Fsp3) is 0.455. The molecule has 2 heterocycles. The first-order valence-corrected chi connectivity index (χ1v) is 5.09. The minimum absolute atomic E-state index is 0.280. The fourth-order valence-corrected chi connectivity index (χ4v) is 1.57. The summed E-state index contributed by atoms with van der Waals surface area (Å²) in [6.45, 7) is 4.25. The Hall–Kier alpha value is -1.06. The lowest BCUT2D eigenvalue weighted by atomic mass is 10.0. The van der Waals surface area contributed by atoms with Crippen molar-refractivity contribution in [2.75, 3.05) is 0 Å². The van der Waals surface area contributed by atoms with Crippen molar-refractivity contribution in [3.8, 4) is 0 Å². The maximum Gasteiger partial charge on any atom is 0.0657 e. The molecule has 2 rings (SSSR count). The Labute approximate surface area is 84.9 Å². The second-order valence-corrected chi connectivity index (χ2v) is 3.90. The third-order valence-electron chi connectivity index (χ3n) is 2.51. The highest BCUT2D eigenvalue weighted by molar-refractivity contribution is 5.33. The molecule has 3 N–H and O–H groups in total. The van der Waals surface area contributed by atoms with E-state index in [1.165, 1.54) is 5.57 Å². The second kappa shape index (κ2) is 3.98. The van der Waals surface area contributed by atoms with Gasteiger partial charge in [0.2, 0.25) is 0 Å². The molecule has 0 aromatic carbocycles. The van der Waals surface area contributed by atoms with E-state index in [1.54, 1.807) is 0 Å². The molecule has 0 bridgehead atoms. The summed E-state index contributed by atoms with van der Waals surface area (Å²) in [5.41, 5.74) is 7.72. The van der Waals surface area contributed by atoms with Gasteiger partial charge in [0.15, 0.2) is 0 Å². The lowest BCUT2D eigenvalue weighted by Crippen LogP contribution is -2.48. The minimum Gasteiger partial charge on any atom is -0.385 e. The molecule has 0 saturated carbocycles. The molecule has 0 amide bonds. The monoisotopic (exact) mass is 191 g/mol. The normalized spacial score (nSPS) is 36.4. The summed E-state index contributed by atoms with van der Waals surface area (Å²) in [5, 5.41) is 3.29. The number of hydrogen-bond acceptors (Lipinski definition) is 3. The Morgan fingerprint density at radius 1 is 1.00 bits per heavy atom. The molecule has 0 saturated heterocycles. The van der Waals surface area contributed by atoms with Gasteiger partial charge in [-0.05, 0) is 19.4 Å². The maximum absolute atomic E-state index is 3.29. The zero-order chi connectivity index (χ0) is 9.97. The lowest BCUT2D eigenvalue weighted by molar-refractivity contribution is 0.458. The van der Waals surface area contributed by atoms with E-state index >= 15 is 0 Å². The highest BCUT2D eigenvalue weighted by Gasteiger charge is 2.15. The van der Waals surface area contributed by atoms with Gasteiger partial charge in [0.05, 0.1) is 6.04 Å². The van der Waals surface area contributed by atoms with Crippen molar-refractivity contribution in [1.82, 2.24) is 16.2 Å². The largest absolute Gasteiger partial charge is 0.385 e. The van der Waals surface area contributed by atoms with E-state index in [2.05, 4.69) is 60.5 Å². The van der Waals surface area contributed by atoms with Gasteiger partial charge in [-0.1, -0.05) is 24.3 Å². The zero-order valence-electron chi connectivity index (χ0n) is 8.62. The zero-order valence-corrected chi connectivity index (χ0v) is 8.62. The Morgan fingerprint density at radius 2 is 1.86 bits per heavy atom. The molecule has 3 unspecified atom stereocenters. The summed E-state index contributed by atoms with van der Waals surface area (Å²) in [5.74, 6) is 0. The van der Waals surface area contributed by atoms with E-state index < -0.39 is 0 Å². The first-order chi connectivity index (χ1) is 6.75. The highest BCUT2D eigenvalue weighted by atomic mass is 15.4. The fourth-order valence-electron chi connectivity index (χ4n) is 1.57. The summed E-state index contributed by atoms with van der Waals surface area (Å²) >= 11 is 0. The van der Waals surface area contributed by atoms with Crippen LogP contribution in [0.15, 0.2) is 36.1 Å². The van der Waals surface area contributed by atoms with Crippen molar-refractivity contribution < 1.29 is 0 Å². The Kier molecular flexibility index (Phi) is 2.70. The Balaban J connectivity index is 2.03. The van der Waals surface area contributed by atoms with Crippen LogP contribution in [0.4, 0.5) is 0 Å². The molecule has 0 aromatic rings. The quantitative estimate of drug-likeness (QED) is 0.538. The van der Waals surface area contributed by atoms with Gasteiger partial charge in [0, 0.05) is 18.3 Å². The van der Waals surface area contributed by atoms with Gasteiger partial charge in [-0.25, -0.2) is 5.43 Å². The highest BCUT2D eigenvalue weighted by Crippen LogP contribution is 2.11. The van der Waals surface area contributed by atoms with Crippen LogP contribution in [-0.2, 0) is 0 Å². The summed E-state index contributed by atoms with van der Waals surface area (Å²) in [6.07, 6.45) is 10.8. The molecular formula is C11H17N3. The molecule has 3 atom stereocenters. The third-order valence-corrected chi connectivity index (χ3v) is 2.51. The van der Waals surface area contributed by atoms with Gasteiger partial charge in [-0.2, -0.15) is 0 Å². The molecule has 14 heavy (non-hydrogen) atoms.